The van der Waals surface area contributed by atoms with Crippen molar-refractivity contribution < 1.29 is 4.42 Å². The zero-order valence-corrected chi connectivity index (χ0v) is 12.2. The second kappa shape index (κ2) is 5.09. The first-order chi connectivity index (χ1) is 10.3. The van der Waals surface area contributed by atoms with Crippen LogP contribution in [0, 0.1) is 6.92 Å². The molecule has 6 nitrogen and oxygen atoms in total. The monoisotopic (exact) mass is 285 g/mol. The van der Waals surface area contributed by atoms with E-state index < -0.39 is 0 Å². The van der Waals surface area contributed by atoms with Crippen molar-refractivity contribution in [2.24, 2.45) is 0 Å². The van der Waals surface area contributed by atoms with Crippen LogP contribution in [0.25, 0.3) is 0 Å². The third-order valence-corrected chi connectivity index (χ3v) is 4.29. The summed E-state index contributed by atoms with van der Waals surface area (Å²) in [4.78, 5) is 11.1. The first-order valence-electron chi connectivity index (χ1n) is 7.67. The molecule has 0 radical (unpaired) electrons. The highest BCUT2D eigenvalue weighted by molar-refractivity contribution is 5.31. The van der Waals surface area contributed by atoms with E-state index in [1.807, 2.05) is 19.2 Å². The molecule has 2 aromatic rings. The van der Waals surface area contributed by atoms with E-state index in [0.29, 0.717) is 11.8 Å². The minimum absolute atomic E-state index is 0.381. The molecule has 21 heavy (non-hydrogen) atoms. The molecular formula is C15H19N5O. The average molecular weight is 285 g/mol. The molecule has 2 aromatic heterocycles. The van der Waals surface area contributed by atoms with E-state index in [-0.39, 0.29) is 0 Å². The Balaban J connectivity index is 1.41. The third-order valence-electron chi connectivity index (χ3n) is 4.29. The van der Waals surface area contributed by atoms with Crippen LogP contribution in [-0.2, 0) is 0 Å². The Morgan fingerprint density at radius 2 is 1.71 bits per heavy atom. The molecule has 0 atom stereocenters. The van der Waals surface area contributed by atoms with Crippen molar-refractivity contribution in [1.29, 1.82) is 0 Å². The minimum atomic E-state index is 0.381. The van der Waals surface area contributed by atoms with Gasteiger partial charge in [-0.2, -0.15) is 0 Å². The van der Waals surface area contributed by atoms with Crippen molar-refractivity contribution >= 4 is 5.95 Å². The van der Waals surface area contributed by atoms with Crippen LogP contribution in [0.1, 0.15) is 55.0 Å². The molecule has 1 aliphatic heterocycles. The van der Waals surface area contributed by atoms with Gasteiger partial charge in [0.15, 0.2) is 0 Å². The van der Waals surface area contributed by atoms with Crippen LogP contribution in [0.15, 0.2) is 16.7 Å². The van der Waals surface area contributed by atoms with Crippen molar-refractivity contribution in [2.75, 3.05) is 18.0 Å². The molecule has 2 aliphatic rings. The summed E-state index contributed by atoms with van der Waals surface area (Å²) in [6.07, 6.45) is 6.26. The Hall–Kier alpha value is -1.98. The maximum absolute atomic E-state index is 5.84. The molecule has 0 aromatic carbocycles. The number of hydrogen-bond acceptors (Lipinski definition) is 6. The molecule has 6 heteroatoms. The summed E-state index contributed by atoms with van der Waals surface area (Å²) in [5.41, 5.74) is 1.01. The van der Waals surface area contributed by atoms with Gasteiger partial charge in [-0.05, 0) is 38.7 Å². The smallest absolute Gasteiger partial charge is 0.225 e. The maximum Gasteiger partial charge on any atom is 0.225 e. The van der Waals surface area contributed by atoms with Crippen LogP contribution in [0.3, 0.4) is 0 Å². The number of aromatic nitrogens is 4. The van der Waals surface area contributed by atoms with Crippen LogP contribution >= 0.6 is 0 Å². The summed E-state index contributed by atoms with van der Waals surface area (Å²) in [6, 6.07) is 1.92. The fraction of sp³-hybridized carbons (Fsp3) is 0.600. The molecule has 0 bridgehead atoms. The van der Waals surface area contributed by atoms with Gasteiger partial charge in [0.2, 0.25) is 17.7 Å². The van der Waals surface area contributed by atoms with Crippen molar-refractivity contribution in [1.82, 2.24) is 20.2 Å². The molecule has 0 spiro atoms. The lowest BCUT2D eigenvalue weighted by Crippen LogP contribution is -2.34. The van der Waals surface area contributed by atoms with E-state index in [4.69, 9.17) is 4.42 Å². The first-order valence-corrected chi connectivity index (χ1v) is 7.67. The van der Waals surface area contributed by atoms with Crippen molar-refractivity contribution in [3.63, 3.8) is 0 Å². The molecular weight excluding hydrogens is 266 g/mol. The van der Waals surface area contributed by atoms with Gasteiger partial charge in [-0.25, -0.2) is 9.97 Å². The lowest BCUT2D eigenvalue weighted by atomic mass is 9.97. The molecule has 1 saturated heterocycles. The quantitative estimate of drug-likeness (QED) is 0.862. The van der Waals surface area contributed by atoms with Crippen molar-refractivity contribution in [3.05, 3.63) is 29.7 Å². The molecule has 1 saturated carbocycles. The molecule has 1 aliphatic carbocycles. The third kappa shape index (κ3) is 2.62. The van der Waals surface area contributed by atoms with Gasteiger partial charge in [0.25, 0.3) is 0 Å². The summed E-state index contributed by atoms with van der Waals surface area (Å²) in [5.74, 6) is 3.41. The van der Waals surface area contributed by atoms with Crippen LogP contribution in [0.2, 0.25) is 0 Å². The summed E-state index contributed by atoms with van der Waals surface area (Å²) < 4.78 is 5.84. The topological polar surface area (TPSA) is 67.9 Å². The highest BCUT2D eigenvalue weighted by Crippen LogP contribution is 2.40. The van der Waals surface area contributed by atoms with Gasteiger partial charge in [-0.1, -0.05) is 0 Å². The summed E-state index contributed by atoms with van der Waals surface area (Å²) >= 11 is 0. The maximum atomic E-state index is 5.84. The predicted molar refractivity (Wildman–Crippen MR) is 77.2 cm³/mol. The molecule has 110 valence electrons. The van der Waals surface area contributed by atoms with Gasteiger partial charge < -0.3 is 9.32 Å². The summed E-state index contributed by atoms with van der Waals surface area (Å²) in [5, 5.41) is 8.43. The standard InChI is InChI=1S/C15H19N5O/c1-10-4-7-16-15(17-10)20-8-5-12(6-9-20)14-19-18-13(21-14)11-2-3-11/h4,7,11-12H,2-3,5-6,8-9H2,1H3. The number of rotatable bonds is 3. The Labute approximate surface area is 123 Å². The predicted octanol–water partition coefficient (Wildman–Crippen LogP) is 2.43. The Kier molecular flexibility index (Phi) is 3.09. The molecule has 0 N–H and O–H groups in total. The van der Waals surface area contributed by atoms with Crippen LogP contribution in [0.4, 0.5) is 5.95 Å². The average Bonchev–Trinajstić information content (AvgIpc) is 3.25. The van der Waals surface area contributed by atoms with Crippen LogP contribution in [-0.4, -0.2) is 33.3 Å². The number of piperidine rings is 1. The van der Waals surface area contributed by atoms with Gasteiger partial charge in [-0.3, -0.25) is 0 Å². The van der Waals surface area contributed by atoms with E-state index in [2.05, 4.69) is 25.1 Å². The van der Waals surface area contributed by atoms with E-state index in [9.17, 15) is 0 Å². The SMILES string of the molecule is Cc1ccnc(N2CCC(c3nnc(C4CC4)o3)CC2)n1. The molecule has 2 fully saturated rings. The first kappa shape index (κ1) is 12.7. The zero-order chi connectivity index (χ0) is 14.2. The van der Waals surface area contributed by atoms with Crippen LogP contribution < -0.4 is 4.90 Å². The number of aryl methyl sites for hydroxylation is 1. The fourth-order valence-electron chi connectivity index (χ4n) is 2.82. The van der Waals surface area contributed by atoms with Gasteiger partial charge >= 0.3 is 0 Å². The molecule has 4 rings (SSSR count). The highest BCUT2D eigenvalue weighted by atomic mass is 16.4. The number of nitrogens with zero attached hydrogens (tertiary/aromatic N) is 5. The van der Waals surface area contributed by atoms with Crippen molar-refractivity contribution in [2.45, 2.75) is 44.4 Å². The summed E-state index contributed by atoms with van der Waals surface area (Å²) in [6.45, 7) is 3.88. The normalized spacial score (nSPS) is 20.0. The lowest BCUT2D eigenvalue weighted by Gasteiger charge is -2.30. The summed E-state index contributed by atoms with van der Waals surface area (Å²) in [7, 11) is 0. The fourth-order valence-corrected chi connectivity index (χ4v) is 2.82. The van der Waals surface area contributed by atoms with Gasteiger partial charge in [0.1, 0.15) is 0 Å². The van der Waals surface area contributed by atoms with E-state index in [1.54, 1.807) is 0 Å². The number of anilines is 1. The Morgan fingerprint density at radius 1 is 1.05 bits per heavy atom. The van der Waals surface area contributed by atoms with Gasteiger partial charge in [-0.15, -0.1) is 10.2 Å². The highest BCUT2D eigenvalue weighted by Gasteiger charge is 2.32. The number of hydrogen-bond donors (Lipinski definition) is 0. The molecule has 0 unspecified atom stereocenters. The minimum Gasteiger partial charge on any atom is -0.425 e. The van der Waals surface area contributed by atoms with E-state index in [1.165, 1.54) is 12.8 Å². The van der Waals surface area contributed by atoms with Crippen LogP contribution in [0.5, 0.6) is 0 Å². The largest absolute Gasteiger partial charge is 0.425 e. The van der Waals surface area contributed by atoms with E-state index in [0.717, 1.165) is 49.4 Å². The second-order valence-electron chi connectivity index (χ2n) is 6.01. The van der Waals surface area contributed by atoms with Crippen molar-refractivity contribution in [3.8, 4) is 0 Å². The Morgan fingerprint density at radius 3 is 2.33 bits per heavy atom. The van der Waals surface area contributed by atoms with Gasteiger partial charge in [0.05, 0.1) is 0 Å². The molecule has 0 amide bonds. The second-order valence-corrected chi connectivity index (χ2v) is 6.01. The Bertz CT molecular complexity index is 628. The zero-order valence-electron chi connectivity index (χ0n) is 12.2. The lowest BCUT2D eigenvalue weighted by molar-refractivity contribution is 0.374. The van der Waals surface area contributed by atoms with E-state index >= 15 is 0 Å². The molecule has 3 heterocycles. The van der Waals surface area contributed by atoms with Gasteiger partial charge in [0, 0.05) is 36.8 Å².